The third kappa shape index (κ3) is 3.89. The zero-order valence-corrected chi connectivity index (χ0v) is 13.8. The number of rotatable bonds is 5. The summed E-state index contributed by atoms with van der Waals surface area (Å²) in [4.78, 5) is 24.1. The van der Waals surface area contributed by atoms with Crippen molar-refractivity contribution in [1.29, 1.82) is 0 Å². The summed E-state index contributed by atoms with van der Waals surface area (Å²) in [6.07, 6.45) is 0.243. The van der Waals surface area contributed by atoms with Gasteiger partial charge in [-0.2, -0.15) is 0 Å². The summed E-state index contributed by atoms with van der Waals surface area (Å²) in [6, 6.07) is 10.3. The number of nitrogens with one attached hydrogen (secondary N) is 2. The maximum absolute atomic E-state index is 12.5. The van der Waals surface area contributed by atoms with Crippen molar-refractivity contribution in [1.82, 2.24) is 0 Å². The van der Waals surface area contributed by atoms with Gasteiger partial charge in [0.1, 0.15) is 0 Å². The fraction of sp³-hybridized carbons (Fsp3) is 0.222. The van der Waals surface area contributed by atoms with Gasteiger partial charge in [-0.05, 0) is 42.8 Å². The molecule has 0 saturated carbocycles. The Morgan fingerprint density at radius 1 is 1.08 bits per heavy atom. The predicted octanol–water partition coefficient (Wildman–Crippen LogP) is 2.26. The Balaban J connectivity index is 1.75. The van der Waals surface area contributed by atoms with Crippen LogP contribution in [0.4, 0.5) is 11.4 Å². The largest absolute Gasteiger partial charge is 0.454 e. The standard InChI is InChI=1S/C18H19N3O4/c1-11-2-4-13(20-17(22)6-7-19)9-14(11)21-18(23)12-3-5-15-16(8-12)25-10-24-15/h2-5,8-9H,6-7,10,19H2,1H3,(H,20,22)(H,21,23). The number of ether oxygens (including phenoxy) is 2. The van der Waals surface area contributed by atoms with Crippen molar-refractivity contribution in [3.05, 3.63) is 47.5 Å². The fourth-order valence-electron chi connectivity index (χ4n) is 2.42. The number of aryl methyl sites for hydroxylation is 1. The molecule has 2 aromatic carbocycles. The number of hydrogen-bond acceptors (Lipinski definition) is 5. The average Bonchev–Trinajstić information content (AvgIpc) is 3.05. The molecule has 7 nitrogen and oxygen atoms in total. The summed E-state index contributed by atoms with van der Waals surface area (Å²) < 4.78 is 10.5. The first-order valence-electron chi connectivity index (χ1n) is 7.88. The number of benzene rings is 2. The Bertz CT molecular complexity index is 820. The Morgan fingerprint density at radius 3 is 2.68 bits per heavy atom. The van der Waals surface area contributed by atoms with E-state index in [1.807, 2.05) is 13.0 Å². The highest BCUT2D eigenvalue weighted by Crippen LogP contribution is 2.32. The van der Waals surface area contributed by atoms with E-state index in [2.05, 4.69) is 10.6 Å². The van der Waals surface area contributed by atoms with Crippen molar-refractivity contribution < 1.29 is 19.1 Å². The van der Waals surface area contributed by atoms with Crippen LogP contribution in [0.2, 0.25) is 0 Å². The molecule has 1 aliphatic heterocycles. The molecule has 1 heterocycles. The number of anilines is 2. The quantitative estimate of drug-likeness (QED) is 0.774. The molecule has 0 bridgehead atoms. The fourth-order valence-corrected chi connectivity index (χ4v) is 2.42. The van der Waals surface area contributed by atoms with Gasteiger partial charge in [0.15, 0.2) is 11.5 Å². The molecule has 0 spiro atoms. The van der Waals surface area contributed by atoms with Crippen LogP contribution in [0.3, 0.4) is 0 Å². The lowest BCUT2D eigenvalue weighted by atomic mass is 10.1. The van der Waals surface area contributed by atoms with Crippen molar-refractivity contribution in [2.45, 2.75) is 13.3 Å². The van der Waals surface area contributed by atoms with E-state index in [0.29, 0.717) is 28.4 Å². The lowest BCUT2D eigenvalue weighted by Crippen LogP contribution is -2.17. The lowest BCUT2D eigenvalue weighted by molar-refractivity contribution is -0.116. The molecule has 0 aromatic heterocycles. The van der Waals surface area contributed by atoms with Gasteiger partial charge in [-0.3, -0.25) is 9.59 Å². The second-order valence-electron chi connectivity index (χ2n) is 5.64. The third-order valence-electron chi connectivity index (χ3n) is 3.78. The molecule has 2 amide bonds. The summed E-state index contributed by atoms with van der Waals surface area (Å²) in [5.41, 5.74) is 7.93. The van der Waals surface area contributed by atoms with Crippen LogP contribution in [-0.4, -0.2) is 25.2 Å². The molecule has 0 unspecified atom stereocenters. The summed E-state index contributed by atoms with van der Waals surface area (Å²) >= 11 is 0. The zero-order valence-electron chi connectivity index (χ0n) is 13.8. The number of carbonyl (C=O) groups excluding carboxylic acids is 2. The molecule has 130 valence electrons. The van der Waals surface area contributed by atoms with E-state index in [1.165, 1.54) is 0 Å². The molecule has 0 radical (unpaired) electrons. The van der Waals surface area contributed by atoms with Gasteiger partial charge >= 0.3 is 0 Å². The SMILES string of the molecule is Cc1ccc(NC(=O)CCN)cc1NC(=O)c1ccc2c(c1)OCO2. The minimum Gasteiger partial charge on any atom is -0.454 e. The monoisotopic (exact) mass is 341 g/mol. The zero-order chi connectivity index (χ0) is 17.8. The predicted molar refractivity (Wildman–Crippen MR) is 94.0 cm³/mol. The van der Waals surface area contributed by atoms with Crippen LogP contribution in [0.25, 0.3) is 0 Å². The number of amides is 2. The Labute approximate surface area is 145 Å². The normalized spacial score (nSPS) is 11.9. The van der Waals surface area contributed by atoms with Crippen molar-refractivity contribution in [3.8, 4) is 11.5 Å². The van der Waals surface area contributed by atoms with Gasteiger partial charge in [0.05, 0.1) is 0 Å². The molecule has 0 saturated heterocycles. The van der Waals surface area contributed by atoms with Gasteiger partial charge in [-0.15, -0.1) is 0 Å². The molecule has 0 fully saturated rings. The maximum Gasteiger partial charge on any atom is 0.255 e. The van der Waals surface area contributed by atoms with Gasteiger partial charge < -0.3 is 25.8 Å². The number of hydrogen-bond donors (Lipinski definition) is 3. The molecule has 25 heavy (non-hydrogen) atoms. The van der Waals surface area contributed by atoms with Gasteiger partial charge in [0.25, 0.3) is 5.91 Å². The second-order valence-corrected chi connectivity index (χ2v) is 5.64. The first-order valence-corrected chi connectivity index (χ1v) is 7.88. The maximum atomic E-state index is 12.5. The number of carbonyl (C=O) groups is 2. The van der Waals surface area contributed by atoms with Gasteiger partial charge in [0, 0.05) is 29.9 Å². The van der Waals surface area contributed by atoms with Gasteiger partial charge in [-0.1, -0.05) is 6.07 Å². The van der Waals surface area contributed by atoms with E-state index in [1.54, 1.807) is 30.3 Å². The average molecular weight is 341 g/mol. The summed E-state index contributed by atoms with van der Waals surface area (Å²) in [5.74, 6) is 0.732. The molecular formula is C18H19N3O4. The highest BCUT2D eigenvalue weighted by atomic mass is 16.7. The molecular weight excluding hydrogens is 322 g/mol. The van der Waals surface area contributed by atoms with E-state index in [9.17, 15) is 9.59 Å². The minimum absolute atomic E-state index is 0.157. The molecule has 3 rings (SSSR count). The Kier molecular flexibility index (Phi) is 4.85. The first-order chi connectivity index (χ1) is 12.1. The van der Waals surface area contributed by atoms with E-state index >= 15 is 0 Å². The van der Waals surface area contributed by atoms with Crippen LogP contribution in [0.5, 0.6) is 11.5 Å². The van der Waals surface area contributed by atoms with Crippen molar-refractivity contribution in [3.63, 3.8) is 0 Å². The van der Waals surface area contributed by atoms with Crippen LogP contribution in [0.1, 0.15) is 22.3 Å². The van der Waals surface area contributed by atoms with Gasteiger partial charge in [-0.25, -0.2) is 0 Å². The highest BCUT2D eigenvalue weighted by molar-refractivity contribution is 6.05. The molecule has 4 N–H and O–H groups in total. The summed E-state index contributed by atoms with van der Waals surface area (Å²) in [6.45, 7) is 2.32. The first kappa shape index (κ1) is 16.8. The Hall–Kier alpha value is -3.06. The van der Waals surface area contributed by atoms with E-state index in [0.717, 1.165) is 5.56 Å². The van der Waals surface area contributed by atoms with Crippen molar-refractivity contribution in [2.75, 3.05) is 24.0 Å². The molecule has 0 atom stereocenters. The molecule has 1 aliphatic rings. The third-order valence-corrected chi connectivity index (χ3v) is 3.78. The van der Waals surface area contributed by atoms with E-state index in [-0.39, 0.29) is 31.6 Å². The van der Waals surface area contributed by atoms with Crippen LogP contribution in [0, 0.1) is 6.92 Å². The van der Waals surface area contributed by atoms with Gasteiger partial charge in [0.2, 0.25) is 12.7 Å². The summed E-state index contributed by atoms with van der Waals surface area (Å²) in [7, 11) is 0. The van der Waals surface area contributed by atoms with Crippen molar-refractivity contribution in [2.24, 2.45) is 5.73 Å². The number of nitrogens with two attached hydrogens (primary N) is 1. The van der Waals surface area contributed by atoms with E-state index in [4.69, 9.17) is 15.2 Å². The molecule has 7 heteroatoms. The molecule has 2 aromatic rings. The lowest BCUT2D eigenvalue weighted by Gasteiger charge is -2.12. The van der Waals surface area contributed by atoms with Crippen LogP contribution < -0.4 is 25.8 Å². The van der Waals surface area contributed by atoms with E-state index < -0.39 is 0 Å². The van der Waals surface area contributed by atoms with Crippen molar-refractivity contribution >= 4 is 23.2 Å². The second kappa shape index (κ2) is 7.23. The highest BCUT2D eigenvalue weighted by Gasteiger charge is 2.17. The van der Waals surface area contributed by atoms with Crippen LogP contribution in [-0.2, 0) is 4.79 Å². The molecule has 0 aliphatic carbocycles. The Morgan fingerprint density at radius 2 is 1.88 bits per heavy atom. The topological polar surface area (TPSA) is 103 Å². The van der Waals surface area contributed by atoms with Crippen LogP contribution in [0.15, 0.2) is 36.4 Å². The number of fused-ring (bicyclic) bond motifs is 1. The minimum atomic E-state index is -0.271. The smallest absolute Gasteiger partial charge is 0.255 e. The summed E-state index contributed by atoms with van der Waals surface area (Å²) in [5, 5.41) is 5.60. The van der Waals surface area contributed by atoms with Crippen LogP contribution >= 0.6 is 0 Å².